The number of unbranched alkanes of at least 4 members (excludes halogenated alkanes) is 1. The molecule has 0 spiro atoms. The Morgan fingerprint density at radius 3 is 2.32 bits per heavy atom. The quantitative estimate of drug-likeness (QED) is 0.218. The lowest BCUT2D eigenvalue weighted by Crippen LogP contribution is -2.51. The monoisotopic (exact) mass is 570 g/mol. The maximum absolute atomic E-state index is 13.8. The van der Waals surface area contributed by atoms with Crippen LogP contribution in [0.2, 0.25) is 10.0 Å². The number of thioether (sulfide) groups is 1. The highest BCUT2D eigenvalue weighted by Crippen LogP contribution is 2.25. The van der Waals surface area contributed by atoms with Crippen molar-refractivity contribution in [3.05, 3.63) is 105 Å². The lowest BCUT2D eigenvalue weighted by atomic mass is 10.0. The van der Waals surface area contributed by atoms with Gasteiger partial charge in [0, 0.05) is 35.3 Å². The Labute approximate surface area is 241 Å². The number of carbonyl (C=O) groups is 2. The largest absolute Gasteiger partial charge is 0.354 e. The van der Waals surface area contributed by atoms with Crippen LogP contribution in [0.4, 0.5) is 0 Å². The second-order valence-corrected chi connectivity index (χ2v) is 11.4. The first-order valence-corrected chi connectivity index (χ1v) is 14.9. The lowest BCUT2D eigenvalue weighted by molar-refractivity contribution is -0.139. The lowest BCUT2D eigenvalue weighted by Gasteiger charge is -2.32. The Bertz CT molecular complexity index is 1200. The van der Waals surface area contributed by atoms with Gasteiger partial charge in [0.15, 0.2) is 0 Å². The third-order valence-corrected chi connectivity index (χ3v) is 7.81. The van der Waals surface area contributed by atoms with Crippen LogP contribution in [0.3, 0.4) is 0 Å². The fourth-order valence-electron chi connectivity index (χ4n) is 4.38. The second kappa shape index (κ2) is 15.2. The number of benzene rings is 3. The van der Waals surface area contributed by atoms with Crippen LogP contribution in [0, 0.1) is 13.8 Å². The Kier molecular flexibility index (Phi) is 12.0. The summed E-state index contributed by atoms with van der Waals surface area (Å²) < 4.78 is 0. The molecule has 3 aromatic carbocycles. The molecule has 0 fully saturated rings. The third-order valence-electron chi connectivity index (χ3n) is 6.23. The van der Waals surface area contributed by atoms with E-state index in [2.05, 4.69) is 44.3 Å². The number of nitrogens with zero attached hydrogens (tertiary/aromatic N) is 1. The van der Waals surface area contributed by atoms with Gasteiger partial charge in [0.05, 0.1) is 5.75 Å². The van der Waals surface area contributed by atoms with Crippen molar-refractivity contribution in [1.82, 2.24) is 10.2 Å². The van der Waals surface area contributed by atoms with Crippen LogP contribution in [0.15, 0.2) is 66.7 Å². The Balaban J connectivity index is 1.86. The van der Waals surface area contributed by atoms with E-state index in [1.54, 1.807) is 28.8 Å². The molecule has 202 valence electrons. The van der Waals surface area contributed by atoms with Gasteiger partial charge in [0.2, 0.25) is 11.8 Å². The molecule has 1 N–H and O–H groups in total. The summed E-state index contributed by atoms with van der Waals surface area (Å²) in [4.78, 5) is 29.0. The van der Waals surface area contributed by atoms with E-state index >= 15 is 0 Å². The first kappa shape index (κ1) is 30.1. The van der Waals surface area contributed by atoms with Crippen molar-refractivity contribution in [2.45, 2.75) is 58.4 Å². The molecule has 3 aromatic rings. The van der Waals surface area contributed by atoms with Gasteiger partial charge >= 0.3 is 0 Å². The average Bonchev–Trinajstić information content (AvgIpc) is 2.87. The molecule has 0 saturated carbocycles. The van der Waals surface area contributed by atoms with Crippen molar-refractivity contribution in [2.24, 2.45) is 0 Å². The van der Waals surface area contributed by atoms with E-state index in [0.717, 1.165) is 29.7 Å². The smallest absolute Gasteiger partial charge is 0.243 e. The van der Waals surface area contributed by atoms with Crippen LogP contribution in [0.25, 0.3) is 0 Å². The second-order valence-electron chi connectivity index (χ2n) is 9.60. The van der Waals surface area contributed by atoms with Gasteiger partial charge in [0.25, 0.3) is 0 Å². The van der Waals surface area contributed by atoms with Crippen molar-refractivity contribution in [1.29, 1.82) is 0 Å². The summed E-state index contributed by atoms with van der Waals surface area (Å²) >= 11 is 14.2. The van der Waals surface area contributed by atoms with Crippen LogP contribution in [0.5, 0.6) is 0 Å². The number of carbonyl (C=O) groups excluding carboxylic acids is 2. The van der Waals surface area contributed by atoms with Gasteiger partial charge in [-0.3, -0.25) is 9.59 Å². The van der Waals surface area contributed by atoms with Crippen molar-refractivity contribution in [2.75, 3.05) is 12.3 Å². The van der Waals surface area contributed by atoms with Gasteiger partial charge in [-0.25, -0.2) is 0 Å². The molecule has 1 atom stereocenters. The molecule has 0 bridgehead atoms. The fraction of sp³-hybridized carbons (Fsp3) is 0.355. The Hall–Kier alpha value is -2.47. The van der Waals surface area contributed by atoms with E-state index in [1.165, 1.54) is 16.7 Å². The van der Waals surface area contributed by atoms with Crippen LogP contribution < -0.4 is 5.32 Å². The summed E-state index contributed by atoms with van der Waals surface area (Å²) in [6.45, 7) is 7.03. The van der Waals surface area contributed by atoms with Crippen LogP contribution in [-0.4, -0.2) is 35.1 Å². The molecule has 4 nitrogen and oxygen atoms in total. The van der Waals surface area contributed by atoms with Gasteiger partial charge in [0.1, 0.15) is 6.04 Å². The molecular formula is C31H36Cl2N2O2S. The molecule has 38 heavy (non-hydrogen) atoms. The summed E-state index contributed by atoms with van der Waals surface area (Å²) in [6.07, 6.45) is 2.27. The minimum Gasteiger partial charge on any atom is -0.354 e. The van der Waals surface area contributed by atoms with Gasteiger partial charge in [-0.15, -0.1) is 11.8 Å². The summed E-state index contributed by atoms with van der Waals surface area (Å²) in [5.41, 5.74) is 5.34. The summed E-state index contributed by atoms with van der Waals surface area (Å²) in [5.74, 6) is 0.721. The molecule has 0 heterocycles. The number of aryl methyl sites for hydroxylation is 2. The van der Waals surface area contributed by atoms with Crippen molar-refractivity contribution < 1.29 is 9.59 Å². The number of halogens is 2. The zero-order valence-electron chi connectivity index (χ0n) is 22.3. The maximum Gasteiger partial charge on any atom is 0.243 e. The molecule has 0 aromatic heterocycles. The van der Waals surface area contributed by atoms with Gasteiger partial charge < -0.3 is 10.2 Å². The minimum atomic E-state index is -0.671. The predicted molar refractivity (Wildman–Crippen MR) is 161 cm³/mol. The van der Waals surface area contributed by atoms with Crippen molar-refractivity contribution >= 4 is 46.8 Å². The molecular weight excluding hydrogens is 535 g/mol. The highest BCUT2D eigenvalue weighted by molar-refractivity contribution is 7.99. The molecule has 1 unspecified atom stereocenters. The molecule has 0 aliphatic rings. The predicted octanol–water partition coefficient (Wildman–Crippen LogP) is 7.40. The van der Waals surface area contributed by atoms with Crippen molar-refractivity contribution in [3.8, 4) is 0 Å². The van der Waals surface area contributed by atoms with Gasteiger partial charge in [-0.2, -0.15) is 0 Å². The van der Waals surface area contributed by atoms with Crippen LogP contribution in [-0.2, 0) is 28.3 Å². The van der Waals surface area contributed by atoms with Gasteiger partial charge in [-0.05, 0) is 49.1 Å². The molecule has 0 saturated heterocycles. The van der Waals surface area contributed by atoms with Crippen molar-refractivity contribution in [3.63, 3.8) is 0 Å². The third kappa shape index (κ3) is 9.37. The van der Waals surface area contributed by atoms with E-state index in [0.29, 0.717) is 23.0 Å². The number of hydrogen-bond acceptors (Lipinski definition) is 3. The number of rotatable bonds is 13. The highest BCUT2D eigenvalue weighted by Gasteiger charge is 2.30. The Morgan fingerprint density at radius 1 is 0.947 bits per heavy atom. The average molecular weight is 572 g/mol. The van der Waals surface area contributed by atoms with Crippen LogP contribution >= 0.6 is 35.0 Å². The van der Waals surface area contributed by atoms with Gasteiger partial charge in [-0.1, -0.05) is 102 Å². The van der Waals surface area contributed by atoms with E-state index in [-0.39, 0.29) is 24.1 Å². The zero-order valence-corrected chi connectivity index (χ0v) is 24.6. The number of hydrogen-bond donors (Lipinski definition) is 1. The molecule has 2 amide bonds. The highest BCUT2D eigenvalue weighted by atomic mass is 35.5. The van der Waals surface area contributed by atoms with E-state index in [4.69, 9.17) is 23.2 Å². The topological polar surface area (TPSA) is 49.4 Å². The molecule has 0 aliphatic heterocycles. The molecule has 3 rings (SSSR count). The fourth-order valence-corrected chi connectivity index (χ4v) is 5.70. The Morgan fingerprint density at radius 2 is 1.66 bits per heavy atom. The summed E-state index contributed by atoms with van der Waals surface area (Å²) in [7, 11) is 0. The number of amides is 2. The molecule has 0 aliphatic carbocycles. The van der Waals surface area contributed by atoms with Crippen LogP contribution in [0.1, 0.15) is 47.6 Å². The molecule has 7 heteroatoms. The minimum absolute atomic E-state index is 0.100. The maximum atomic E-state index is 13.8. The first-order chi connectivity index (χ1) is 18.3. The summed E-state index contributed by atoms with van der Waals surface area (Å²) in [5, 5.41) is 4.05. The van der Waals surface area contributed by atoms with E-state index < -0.39 is 6.04 Å². The standard InChI is InChI=1S/C31H36Cl2N2O2S/c1-4-5-13-34-31(37)29(17-24-9-7-6-8-10-24)35(19-26-11-12-27(32)18-28(26)33)30(36)21-38-20-25-15-22(2)14-23(3)16-25/h6-12,14-16,18,29H,4-5,13,17,19-21H2,1-3H3,(H,34,37). The molecule has 0 radical (unpaired) electrons. The normalized spacial score (nSPS) is 11.7. The zero-order chi connectivity index (χ0) is 27.5. The van der Waals surface area contributed by atoms with E-state index in [9.17, 15) is 9.59 Å². The first-order valence-electron chi connectivity index (χ1n) is 13.0. The van der Waals surface area contributed by atoms with E-state index in [1.807, 2.05) is 36.4 Å². The SMILES string of the molecule is CCCCNC(=O)C(Cc1ccccc1)N(Cc1ccc(Cl)cc1Cl)C(=O)CSCc1cc(C)cc(C)c1. The summed E-state index contributed by atoms with van der Waals surface area (Å²) in [6, 6.07) is 20.8. The number of nitrogens with one attached hydrogen (secondary N) is 1.